The molecule has 0 N–H and O–H groups in total. The fourth-order valence-corrected chi connectivity index (χ4v) is 4.63. The van der Waals surface area contributed by atoms with Crippen molar-refractivity contribution in [3.63, 3.8) is 0 Å². The number of aryl methyl sites for hydroxylation is 2. The highest BCUT2D eigenvalue weighted by molar-refractivity contribution is 5.65. The third-order valence-corrected chi connectivity index (χ3v) is 6.52. The van der Waals surface area contributed by atoms with Crippen LogP contribution in [0.3, 0.4) is 0 Å². The van der Waals surface area contributed by atoms with Crippen LogP contribution in [0, 0.1) is 6.92 Å². The SMILES string of the molecule is Cc1nn(C)cc1-c1ccc(CN2Cc3ccnc(OC4CCC4)c3C3OC32)cc1. The van der Waals surface area contributed by atoms with Gasteiger partial charge >= 0.3 is 0 Å². The van der Waals surface area contributed by atoms with Crippen LogP contribution in [-0.4, -0.2) is 32.0 Å². The summed E-state index contributed by atoms with van der Waals surface area (Å²) in [5, 5.41) is 4.45. The highest BCUT2D eigenvalue weighted by atomic mass is 16.6. The molecule has 3 aromatic rings. The van der Waals surface area contributed by atoms with Gasteiger partial charge in [-0.05, 0) is 48.9 Å². The summed E-state index contributed by atoms with van der Waals surface area (Å²) in [5.41, 5.74) is 7.19. The fraction of sp³-hybridized carbons (Fsp3) is 0.417. The molecule has 2 fully saturated rings. The van der Waals surface area contributed by atoms with E-state index in [2.05, 4.69) is 58.4 Å². The van der Waals surface area contributed by atoms with E-state index in [4.69, 9.17) is 9.47 Å². The Morgan fingerprint density at radius 1 is 1.17 bits per heavy atom. The van der Waals surface area contributed by atoms with Crippen LogP contribution in [-0.2, 0) is 24.9 Å². The quantitative estimate of drug-likeness (QED) is 0.601. The number of aromatic nitrogens is 3. The number of epoxide rings is 1. The van der Waals surface area contributed by atoms with E-state index in [9.17, 15) is 0 Å². The molecular formula is C24H26N4O2. The molecule has 6 heteroatoms. The Kier molecular flexibility index (Phi) is 4.18. The Hall–Kier alpha value is -2.70. The normalized spacial score (nSPS) is 22.9. The van der Waals surface area contributed by atoms with Crippen molar-refractivity contribution in [2.75, 3.05) is 0 Å². The Morgan fingerprint density at radius 3 is 2.70 bits per heavy atom. The number of benzene rings is 1. The van der Waals surface area contributed by atoms with Crippen molar-refractivity contribution in [3.05, 3.63) is 65.1 Å². The molecule has 1 aliphatic carbocycles. The summed E-state index contributed by atoms with van der Waals surface area (Å²) in [6, 6.07) is 10.9. The van der Waals surface area contributed by atoms with Crippen LogP contribution in [0.2, 0.25) is 0 Å². The zero-order chi connectivity index (χ0) is 20.2. The van der Waals surface area contributed by atoms with Gasteiger partial charge in [-0.2, -0.15) is 5.10 Å². The van der Waals surface area contributed by atoms with Crippen molar-refractivity contribution in [2.24, 2.45) is 7.05 Å². The molecule has 1 saturated carbocycles. The maximum atomic E-state index is 6.15. The van der Waals surface area contributed by atoms with Gasteiger partial charge in [0.25, 0.3) is 0 Å². The zero-order valence-corrected chi connectivity index (χ0v) is 17.4. The first-order valence-electron chi connectivity index (χ1n) is 10.8. The van der Waals surface area contributed by atoms with Gasteiger partial charge in [0.15, 0.2) is 0 Å². The molecule has 6 nitrogen and oxygen atoms in total. The van der Waals surface area contributed by atoms with Gasteiger partial charge in [0.05, 0.1) is 11.3 Å². The number of nitrogens with zero attached hydrogens (tertiary/aromatic N) is 4. The molecule has 2 aromatic heterocycles. The molecule has 3 aliphatic rings. The third-order valence-electron chi connectivity index (χ3n) is 6.52. The lowest BCUT2D eigenvalue weighted by Gasteiger charge is -2.29. The van der Waals surface area contributed by atoms with Gasteiger partial charge in [-0.1, -0.05) is 24.3 Å². The van der Waals surface area contributed by atoms with E-state index in [1.807, 2.05) is 17.9 Å². The van der Waals surface area contributed by atoms with Gasteiger partial charge in [0.1, 0.15) is 18.4 Å². The molecule has 0 spiro atoms. The molecule has 6 rings (SSSR count). The molecule has 2 aliphatic heterocycles. The summed E-state index contributed by atoms with van der Waals surface area (Å²) in [7, 11) is 1.96. The third kappa shape index (κ3) is 3.11. The van der Waals surface area contributed by atoms with Crippen molar-refractivity contribution in [2.45, 2.75) is 57.7 Å². The van der Waals surface area contributed by atoms with Crippen molar-refractivity contribution in [3.8, 4) is 17.0 Å². The second-order valence-corrected chi connectivity index (χ2v) is 8.71. The Morgan fingerprint density at radius 2 is 2.00 bits per heavy atom. The van der Waals surface area contributed by atoms with Gasteiger partial charge in [-0.15, -0.1) is 0 Å². The highest BCUT2D eigenvalue weighted by Gasteiger charge is 2.51. The maximum Gasteiger partial charge on any atom is 0.219 e. The van der Waals surface area contributed by atoms with E-state index >= 15 is 0 Å². The summed E-state index contributed by atoms with van der Waals surface area (Å²) in [6.07, 6.45) is 8.04. The van der Waals surface area contributed by atoms with Crippen molar-refractivity contribution in [1.82, 2.24) is 19.7 Å². The summed E-state index contributed by atoms with van der Waals surface area (Å²) >= 11 is 0. The van der Waals surface area contributed by atoms with Gasteiger partial charge in [0.2, 0.25) is 5.88 Å². The van der Waals surface area contributed by atoms with E-state index in [0.29, 0.717) is 6.10 Å². The van der Waals surface area contributed by atoms with Gasteiger partial charge in [-0.3, -0.25) is 9.58 Å². The minimum atomic E-state index is 0.0924. The summed E-state index contributed by atoms with van der Waals surface area (Å²) in [5.74, 6) is 0.792. The first kappa shape index (κ1) is 18.1. The highest BCUT2D eigenvalue weighted by Crippen LogP contribution is 2.50. The number of hydrogen-bond acceptors (Lipinski definition) is 5. The lowest BCUT2D eigenvalue weighted by atomic mass is 9.95. The Labute approximate surface area is 176 Å². The molecule has 2 unspecified atom stereocenters. The van der Waals surface area contributed by atoms with Crippen molar-refractivity contribution >= 4 is 0 Å². The summed E-state index contributed by atoms with van der Waals surface area (Å²) < 4.78 is 14.1. The number of ether oxygens (including phenoxy) is 2. The second kappa shape index (κ2) is 6.93. The fourth-order valence-electron chi connectivity index (χ4n) is 4.63. The molecular weight excluding hydrogens is 376 g/mol. The Bertz CT molecular complexity index is 1090. The lowest BCUT2D eigenvalue weighted by molar-refractivity contribution is 0.112. The summed E-state index contributed by atoms with van der Waals surface area (Å²) in [4.78, 5) is 6.93. The van der Waals surface area contributed by atoms with E-state index in [-0.39, 0.29) is 12.3 Å². The molecule has 0 amide bonds. The van der Waals surface area contributed by atoms with Crippen LogP contribution >= 0.6 is 0 Å². The van der Waals surface area contributed by atoms with Gasteiger partial charge < -0.3 is 9.47 Å². The average Bonchev–Trinajstić information content (AvgIpc) is 3.44. The summed E-state index contributed by atoms with van der Waals surface area (Å²) in [6.45, 7) is 3.79. The predicted octanol–water partition coefficient (Wildman–Crippen LogP) is 4.14. The maximum absolute atomic E-state index is 6.15. The van der Waals surface area contributed by atoms with Gasteiger partial charge in [-0.25, -0.2) is 4.98 Å². The van der Waals surface area contributed by atoms with Crippen LogP contribution < -0.4 is 4.74 Å². The molecule has 30 heavy (non-hydrogen) atoms. The molecule has 4 heterocycles. The van der Waals surface area contributed by atoms with Gasteiger partial charge in [0, 0.05) is 38.1 Å². The molecule has 154 valence electrons. The van der Waals surface area contributed by atoms with Crippen LogP contribution in [0.1, 0.15) is 47.8 Å². The smallest absolute Gasteiger partial charge is 0.219 e. The largest absolute Gasteiger partial charge is 0.474 e. The van der Waals surface area contributed by atoms with Crippen LogP contribution in [0.4, 0.5) is 0 Å². The van der Waals surface area contributed by atoms with Crippen molar-refractivity contribution in [1.29, 1.82) is 0 Å². The topological polar surface area (TPSA) is 55.7 Å². The lowest BCUT2D eigenvalue weighted by Crippen LogP contribution is -2.31. The van der Waals surface area contributed by atoms with E-state index < -0.39 is 0 Å². The monoisotopic (exact) mass is 402 g/mol. The van der Waals surface area contributed by atoms with Crippen LogP contribution in [0.15, 0.2) is 42.7 Å². The van der Waals surface area contributed by atoms with E-state index in [0.717, 1.165) is 37.5 Å². The average molecular weight is 402 g/mol. The first-order chi connectivity index (χ1) is 14.7. The molecule has 1 saturated heterocycles. The first-order valence-corrected chi connectivity index (χ1v) is 10.8. The number of rotatable bonds is 5. The molecule has 0 radical (unpaired) electrons. The molecule has 0 bridgehead atoms. The molecule has 1 aromatic carbocycles. The van der Waals surface area contributed by atoms with Crippen molar-refractivity contribution < 1.29 is 9.47 Å². The predicted molar refractivity (Wildman–Crippen MR) is 113 cm³/mol. The number of hydrogen-bond donors (Lipinski definition) is 0. The second-order valence-electron chi connectivity index (χ2n) is 8.71. The minimum Gasteiger partial charge on any atom is -0.474 e. The standard InChI is InChI=1S/C24H26N4O2/c1-15-20(14-27(2)26-15)17-8-6-16(7-9-17)12-28-13-18-10-11-25-23(29-19-4-3-5-19)21(18)22-24(28)30-22/h6-11,14,19,22,24H,3-5,12-13H2,1-2H3. The van der Waals surface area contributed by atoms with E-state index in [1.165, 1.54) is 34.2 Å². The molecule has 2 atom stereocenters. The van der Waals surface area contributed by atoms with E-state index in [1.54, 1.807) is 0 Å². The van der Waals surface area contributed by atoms with Crippen LogP contribution in [0.25, 0.3) is 11.1 Å². The number of pyridine rings is 1. The number of fused-ring (bicyclic) bond motifs is 3. The van der Waals surface area contributed by atoms with Crippen LogP contribution in [0.5, 0.6) is 5.88 Å². The minimum absolute atomic E-state index is 0.0924. The Balaban J connectivity index is 1.19. The zero-order valence-electron chi connectivity index (χ0n) is 17.4.